The number of nitrogens with one attached hydrogen (secondary N) is 2. The summed E-state index contributed by atoms with van der Waals surface area (Å²) >= 11 is 0. The molecule has 0 spiro atoms. The van der Waals surface area contributed by atoms with E-state index < -0.39 is 5.66 Å². The van der Waals surface area contributed by atoms with Gasteiger partial charge in [0.1, 0.15) is 5.66 Å². The molecule has 0 saturated heterocycles. The molecule has 4 rings (SSSR count). The number of anilines is 1. The molecule has 0 fully saturated rings. The number of benzene rings is 1. The van der Waals surface area contributed by atoms with Crippen molar-refractivity contribution in [1.82, 2.24) is 10.2 Å². The lowest BCUT2D eigenvalue weighted by Gasteiger charge is -2.29. The standard InChI is InChI=1S/C20H27N5O2/c1-13-11-20(2,21)24-19(22-13)23-15-9-16(18-17(10-15)26-12-27-18)14-5-4-7-25(3)8-6-14/h6,9-11H,4-5,7-8,12,21H2,1-3H3,(H2,22,23,24). The maximum absolute atomic E-state index is 6.21. The molecule has 144 valence electrons. The first kappa shape index (κ1) is 17.9. The van der Waals surface area contributed by atoms with Crippen molar-refractivity contribution in [1.29, 1.82) is 0 Å². The van der Waals surface area contributed by atoms with Gasteiger partial charge in [-0.3, -0.25) is 0 Å². The van der Waals surface area contributed by atoms with Gasteiger partial charge >= 0.3 is 0 Å². The van der Waals surface area contributed by atoms with Gasteiger partial charge in [0.15, 0.2) is 11.5 Å². The summed E-state index contributed by atoms with van der Waals surface area (Å²) in [5, 5.41) is 6.55. The van der Waals surface area contributed by atoms with Crippen molar-refractivity contribution in [3.8, 4) is 11.5 Å². The third-order valence-electron chi connectivity index (χ3n) is 4.90. The highest BCUT2D eigenvalue weighted by atomic mass is 16.7. The lowest BCUT2D eigenvalue weighted by atomic mass is 9.99. The second kappa shape index (κ2) is 6.90. The highest BCUT2D eigenvalue weighted by Crippen LogP contribution is 2.43. The van der Waals surface area contributed by atoms with Crippen LogP contribution >= 0.6 is 0 Å². The predicted octanol–water partition coefficient (Wildman–Crippen LogP) is 2.47. The summed E-state index contributed by atoms with van der Waals surface area (Å²) in [5.74, 6) is 2.21. The minimum Gasteiger partial charge on any atom is -0.453 e. The Hall–Kier alpha value is -2.51. The summed E-state index contributed by atoms with van der Waals surface area (Å²) in [6.07, 6.45) is 6.33. The molecule has 0 radical (unpaired) electrons. The van der Waals surface area contributed by atoms with Crippen LogP contribution in [0.4, 0.5) is 5.69 Å². The van der Waals surface area contributed by atoms with Gasteiger partial charge < -0.3 is 30.7 Å². The Bertz CT molecular complexity index is 841. The second-order valence-corrected chi connectivity index (χ2v) is 7.63. The van der Waals surface area contributed by atoms with Crippen molar-refractivity contribution >= 4 is 17.2 Å². The molecule has 7 nitrogen and oxygen atoms in total. The van der Waals surface area contributed by atoms with E-state index in [1.54, 1.807) is 0 Å². The number of hydrogen-bond donors (Lipinski definition) is 3. The fraction of sp³-hybridized carbons (Fsp3) is 0.450. The molecule has 0 bridgehead atoms. The molecule has 1 aromatic rings. The number of guanidine groups is 1. The van der Waals surface area contributed by atoms with Gasteiger partial charge in [0.05, 0.1) is 0 Å². The summed E-state index contributed by atoms with van der Waals surface area (Å²) in [5.41, 5.74) is 9.72. The van der Waals surface area contributed by atoms with Crippen molar-refractivity contribution in [3.05, 3.63) is 35.5 Å². The fourth-order valence-corrected chi connectivity index (χ4v) is 3.72. The molecule has 4 N–H and O–H groups in total. The van der Waals surface area contributed by atoms with E-state index >= 15 is 0 Å². The highest BCUT2D eigenvalue weighted by molar-refractivity contribution is 5.96. The van der Waals surface area contributed by atoms with Crippen LogP contribution in [0.25, 0.3) is 5.57 Å². The lowest BCUT2D eigenvalue weighted by Crippen LogP contribution is -2.55. The first-order valence-electron chi connectivity index (χ1n) is 9.33. The van der Waals surface area contributed by atoms with Crippen LogP contribution < -0.4 is 25.8 Å². The minimum atomic E-state index is -0.637. The molecule has 0 aromatic heterocycles. The van der Waals surface area contributed by atoms with Crippen molar-refractivity contribution in [2.75, 3.05) is 32.2 Å². The number of allylic oxidation sites excluding steroid dienone is 2. The summed E-state index contributed by atoms with van der Waals surface area (Å²) in [7, 11) is 2.15. The lowest BCUT2D eigenvalue weighted by molar-refractivity contribution is 0.173. The smallest absolute Gasteiger partial charge is 0.231 e. The van der Waals surface area contributed by atoms with Crippen LogP contribution in [0.5, 0.6) is 11.5 Å². The third kappa shape index (κ3) is 3.94. The zero-order chi connectivity index (χ0) is 19.0. The van der Waals surface area contributed by atoms with Gasteiger partial charge in [0.25, 0.3) is 0 Å². The zero-order valence-electron chi connectivity index (χ0n) is 16.1. The van der Waals surface area contributed by atoms with Crippen LogP contribution in [0.2, 0.25) is 0 Å². The van der Waals surface area contributed by atoms with Gasteiger partial charge in [-0.2, -0.15) is 0 Å². The van der Waals surface area contributed by atoms with Crippen LogP contribution in [0, 0.1) is 0 Å². The number of rotatable bonds is 2. The van der Waals surface area contributed by atoms with Crippen molar-refractivity contribution < 1.29 is 9.47 Å². The molecular weight excluding hydrogens is 342 g/mol. The summed E-state index contributed by atoms with van der Waals surface area (Å²) < 4.78 is 11.4. The Kier molecular flexibility index (Phi) is 4.57. The Morgan fingerprint density at radius 1 is 1.33 bits per heavy atom. The van der Waals surface area contributed by atoms with Crippen LogP contribution in [-0.4, -0.2) is 43.5 Å². The number of hydrogen-bond acceptors (Lipinski definition) is 7. The quantitative estimate of drug-likeness (QED) is 0.743. The van der Waals surface area contributed by atoms with E-state index in [0.717, 1.165) is 54.4 Å². The van der Waals surface area contributed by atoms with E-state index in [4.69, 9.17) is 15.2 Å². The molecule has 3 aliphatic rings. The maximum atomic E-state index is 6.21. The fourth-order valence-electron chi connectivity index (χ4n) is 3.72. The van der Waals surface area contributed by atoms with Gasteiger partial charge in [0.2, 0.25) is 12.8 Å². The number of likely N-dealkylation sites (N-methyl/N-ethyl adjacent to an activating group) is 1. The van der Waals surface area contributed by atoms with Crippen molar-refractivity contribution in [2.24, 2.45) is 10.7 Å². The predicted molar refractivity (Wildman–Crippen MR) is 108 cm³/mol. The number of fused-ring (bicyclic) bond motifs is 1. The third-order valence-corrected chi connectivity index (χ3v) is 4.90. The van der Waals surface area contributed by atoms with Crippen molar-refractivity contribution in [2.45, 2.75) is 32.4 Å². The van der Waals surface area contributed by atoms with Gasteiger partial charge in [-0.1, -0.05) is 6.08 Å². The molecule has 0 amide bonds. The van der Waals surface area contributed by atoms with Gasteiger partial charge in [-0.25, -0.2) is 4.99 Å². The van der Waals surface area contributed by atoms with Gasteiger partial charge in [-0.15, -0.1) is 0 Å². The van der Waals surface area contributed by atoms with Crippen molar-refractivity contribution in [3.63, 3.8) is 0 Å². The molecule has 7 heteroatoms. The summed E-state index contributed by atoms with van der Waals surface area (Å²) in [6, 6.07) is 4.05. The summed E-state index contributed by atoms with van der Waals surface area (Å²) in [4.78, 5) is 6.84. The molecule has 1 aromatic carbocycles. The average molecular weight is 369 g/mol. The molecule has 1 atom stereocenters. The van der Waals surface area contributed by atoms with E-state index in [0.29, 0.717) is 5.96 Å². The zero-order valence-corrected chi connectivity index (χ0v) is 16.1. The molecule has 0 saturated carbocycles. The molecule has 3 aliphatic heterocycles. The molecule has 27 heavy (non-hydrogen) atoms. The average Bonchev–Trinajstić information content (AvgIpc) is 2.93. The van der Waals surface area contributed by atoms with E-state index in [1.807, 2.05) is 26.0 Å². The molecular formula is C20H27N5O2. The van der Waals surface area contributed by atoms with E-state index in [9.17, 15) is 0 Å². The number of nitrogens with two attached hydrogens (primary N) is 1. The van der Waals surface area contributed by atoms with E-state index in [2.05, 4.69) is 39.7 Å². The first-order chi connectivity index (χ1) is 12.9. The maximum Gasteiger partial charge on any atom is 0.231 e. The number of ether oxygens (including phenoxy) is 2. The molecule has 0 aliphatic carbocycles. The Morgan fingerprint density at radius 3 is 3.00 bits per heavy atom. The van der Waals surface area contributed by atoms with Gasteiger partial charge in [0, 0.05) is 29.6 Å². The highest BCUT2D eigenvalue weighted by Gasteiger charge is 2.25. The van der Waals surface area contributed by atoms with Crippen LogP contribution in [0.1, 0.15) is 32.3 Å². The molecule has 3 heterocycles. The van der Waals surface area contributed by atoms with E-state index in [1.165, 1.54) is 5.57 Å². The largest absolute Gasteiger partial charge is 0.453 e. The monoisotopic (exact) mass is 369 g/mol. The second-order valence-electron chi connectivity index (χ2n) is 7.63. The minimum absolute atomic E-state index is 0.251. The normalized spacial score (nSPS) is 25.1. The van der Waals surface area contributed by atoms with Crippen LogP contribution in [0.3, 0.4) is 0 Å². The van der Waals surface area contributed by atoms with E-state index in [-0.39, 0.29) is 6.79 Å². The Morgan fingerprint density at radius 2 is 2.19 bits per heavy atom. The summed E-state index contributed by atoms with van der Waals surface area (Å²) in [6.45, 7) is 6.13. The topological polar surface area (TPSA) is 84.1 Å². The van der Waals surface area contributed by atoms with Gasteiger partial charge in [-0.05, 0) is 58.0 Å². The van der Waals surface area contributed by atoms with Crippen LogP contribution in [0.15, 0.2) is 35.0 Å². The molecule has 1 unspecified atom stereocenters. The van der Waals surface area contributed by atoms with Crippen LogP contribution in [-0.2, 0) is 0 Å². The Labute approximate surface area is 159 Å². The number of nitrogens with zero attached hydrogens (tertiary/aromatic N) is 2. The number of aliphatic imine (C=N–C) groups is 1. The SMILES string of the molecule is CC1=CC(C)(N)NC(Nc2cc3c(c(C4=CCN(C)CCC4)c2)OCO3)=N1. The first-order valence-corrected chi connectivity index (χ1v) is 9.33. The Balaban J connectivity index is 1.66.